The standard InChI is InChI=1S/C19H19F4NO/c1-11-8-15(20)16(10-14(11)18(2,3)4)24-17(25)12-6-5-7-13(9-12)19(21,22)23/h5-10H,1-4H3,(H,24,25). The SMILES string of the molecule is Cc1cc(F)c(NC(=O)c2cccc(C(F)(F)F)c2)cc1C(C)(C)C. The van der Waals surface area contributed by atoms with Crippen LogP contribution in [-0.2, 0) is 11.6 Å². The van der Waals surface area contributed by atoms with Gasteiger partial charge in [-0.2, -0.15) is 13.2 Å². The summed E-state index contributed by atoms with van der Waals surface area (Å²) >= 11 is 0. The molecule has 0 saturated heterocycles. The lowest BCUT2D eigenvalue weighted by Crippen LogP contribution is -2.18. The molecule has 2 aromatic rings. The van der Waals surface area contributed by atoms with Gasteiger partial charge in [0.2, 0.25) is 0 Å². The molecule has 2 nitrogen and oxygen atoms in total. The van der Waals surface area contributed by atoms with Gasteiger partial charge in [0.05, 0.1) is 11.3 Å². The highest BCUT2D eigenvalue weighted by molar-refractivity contribution is 6.04. The van der Waals surface area contributed by atoms with Gasteiger partial charge in [-0.05, 0) is 53.8 Å². The summed E-state index contributed by atoms with van der Waals surface area (Å²) in [5.41, 5.74) is 0.133. The van der Waals surface area contributed by atoms with E-state index in [0.717, 1.165) is 29.3 Å². The molecule has 0 aliphatic carbocycles. The molecule has 0 bridgehead atoms. The summed E-state index contributed by atoms with van der Waals surface area (Å²) in [5.74, 6) is -1.43. The Morgan fingerprint density at radius 3 is 2.24 bits per heavy atom. The number of hydrogen-bond donors (Lipinski definition) is 1. The number of aryl methyl sites for hydroxylation is 1. The van der Waals surface area contributed by atoms with Crippen molar-refractivity contribution in [1.82, 2.24) is 0 Å². The molecule has 0 heterocycles. The van der Waals surface area contributed by atoms with Crippen molar-refractivity contribution in [3.05, 3.63) is 64.5 Å². The van der Waals surface area contributed by atoms with Gasteiger partial charge in [-0.3, -0.25) is 4.79 Å². The number of hydrogen-bond acceptors (Lipinski definition) is 1. The number of halogens is 4. The molecule has 1 N–H and O–H groups in total. The summed E-state index contributed by atoms with van der Waals surface area (Å²) in [6.45, 7) is 7.62. The molecular weight excluding hydrogens is 334 g/mol. The van der Waals surface area contributed by atoms with E-state index >= 15 is 0 Å². The van der Waals surface area contributed by atoms with Crippen molar-refractivity contribution in [2.45, 2.75) is 39.3 Å². The van der Waals surface area contributed by atoms with Crippen molar-refractivity contribution >= 4 is 11.6 Å². The van der Waals surface area contributed by atoms with Gasteiger partial charge in [-0.1, -0.05) is 26.8 Å². The molecule has 0 aliphatic heterocycles. The first kappa shape index (κ1) is 19.0. The van der Waals surface area contributed by atoms with Crippen molar-refractivity contribution in [3.63, 3.8) is 0 Å². The Hall–Kier alpha value is -2.37. The molecule has 0 aliphatic rings. The first-order valence-corrected chi connectivity index (χ1v) is 7.69. The number of nitrogens with one attached hydrogen (secondary N) is 1. The highest BCUT2D eigenvalue weighted by Crippen LogP contribution is 2.31. The lowest BCUT2D eigenvalue weighted by Gasteiger charge is -2.23. The van der Waals surface area contributed by atoms with Crippen molar-refractivity contribution in [1.29, 1.82) is 0 Å². The van der Waals surface area contributed by atoms with Gasteiger partial charge in [0.1, 0.15) is 5.82 Å². The summed E-state index contributed by atoms with van der Waals surface area (Å²) in [6, 6.07) is 6.84. The van der Waals surface area contributed by atoms with Crippen LogP contribution in [0.2, 0.25) is 0 Å². The average Bonchev–Trinajstić information content (AvgIpc) is 2.48. The number of alkyl halides is 3. The molecule has 2 rings (SSSR count). The predicted molar refractivity (Wildman–Crippen MR) is 89.2 cm³/mol. The van der Waals surface area contributed by atoms with Crippen LogP contribution in [0, 0.1) is 12.7 Å². The minimum Gasteiger partial charge on any atom is -0.319 e. The van der Waals surface area contributed by atoms with Gasteiger partial charge < -0.3 is 5.32 Å². The van der Waals surface area contributed by atoms with Crippen LogP contribution in [0.15, 0.2) is 36.4 Å². The molecule has 1 amide bonds. The van der Waals surface area contributed by atoms with E-state index in [2.05, 4.69) is 5.32 Å². The van der Waals surface area contributed by atoms with Crippen LogP contribution >= 0.6 is 0 Å². The zero-order valence-electron chi connectivity index (χ0n) is 14.4. The van der Waals surface area contributed by atoms with Gasteiger partial charge in [0.15, 0.2) is 0 Å². The third kappa shape index (κ3) is 4.38. The smallest absolute Gasteiger partial charge is 0.319 e. The summed E-state index contributed by atoms with van der Waals surface area (Å²) in [4.78, 5) is 12.2. The van der Waals surface area contributed by atoms with E-state index in [1.54, 1.807) is 6.92 Å². The number of carbonyl (C=O) groups is 1. The number of carbonyl (C=O) groups excluding carboxylic acids is 1. The maximum Gasteiger partial charge on any atom is 0.416 e. The van der Waals surface area contributed by atoms with E-state index in [1.807, 2.05) is 20.8 Å². The van der Waals surface area contributed by atoms with Crippen LogP contribution in [0.3, 0.4) is 0 Å². The Morgan fingerprint density at radius 2 is 1.68 bits per heavy atom. The van der Waals surface area contributed by atoms with Crippen molar-refractivity contribution in [3.8, 4) is 0 Å². The molecule has 25 heavy (non-hydrogen) atoms. The van der Waals surface area contributed by atoms with E-state index in [-0.39, 0.29) is 16.7 Å². The molecule has 0 saturated carbocycles. The summed E-state index contributed by atoms with van der Waals surface area (Å²) in [6.07, 6.45) is -4.55. The number of amides is 1. The summed E-state index contributed by atoms with van der Waals surface area (Å²) < 4.78 is 52.4. The fourth-order valence-corrected chi connectivity index (χ4v) is 2.61. The van der Waals surface area contributed by atoms with Crippen LogP contribution in [0.5, 0.6) is 0 Å². The van der Waals surface area contributed by atoms with E-state index in [4.69, 9.17) is 0 Å². The second-order valence-electron chi connectivity index (χ2n) is 6.93. The number of rotatable bonds is 2. The molecule has 0 radical (unpaired) electrons. The molecule has 0 atom stereocenters. The third-order valence-corrected chi connectivity index (χ3v) is 3.82. The highest BCUT2D eigenvalue weighted by Gasteiger charge is 2.31. The topological polar surface area (TPSA) is 29.1 Å². The number of benzene rings is 2. The van der Waals surface area contributed by atoms with E-state index < -0.39 is 23.5 Å². The van der Waals surface area contributed by atoms with Crippen LogP contribution in [0.4, 0.5) is 23.2 Å². The minimum absolute atomic E-state index is 0.0575. The van der Waals surface area contributed by atoms with Crippen LogP contribution in [0.25, 0.3) is 0 Å². The largest absolute Gasteiger partial charge is 0.416 e. The predicted octanol–water partition coefficient (Wildman–Crippen LogP) is 5.70. The Morgan fingerprint density at radius 1 is 1.04 bits per heavy atom. The monoisotopic (exact) mass is 353 g/mol. The van der Waals surface area contributed by atoms with Gasteiger partial charge in [0.25, 0.3) is 5.91 Å². The van der Waals surface area contributed by atoms with Crippen LogP contribution in [0.1, 0.15) is 47.8 Å². The lowest BCUT2D eigenvalue weighted by atomic mass is 9.84. The van der Waals surface area contributed by atoms with Crippen molar-refractivity contribution < 1.29 is 22.4 Å². The highest BCUT2D eigenvalue weighted by atomic mass is 19.4. The molecular formula is C19H19F4NO. The molecule has 0 spiro atoms. The normalized spacial score (nSPS) is 12.2. The van der Waals surface area contributed by atoms with Crippen LogP contribution in [-0.4, -0.2) is 5.91 Å². The van der Waals surface area contributed by atoms with Gasteiger partial charge >= 0.3 is 6.18 Å². The second kappa shape index (κ2) is 6.50. The fraction of sp³-hybridized carbons (Fsp3) is 0.316. The first-order valence-electron chi connectivity index (χ1n) is 7.69. The zero-order chi connectivity index (χ0) is 19.0. The Balaban J connectivity index is 2.36. The quantitative estimate of drug-likeness (QED) is 0.689. The Bertz CT molecular complexity index is 804. The number of anilines is 1. The summed E-state index contributed by atoms with van der Waals surface area (Å²) in [7, 11) is 0. The molecule has 2 aromatic carbocycles. The van der Waals surface area contributed by atoms with E-state index in [1.165, 1.54) is 18.2 Å². The molecule has 0 fully saturated rings. The second-order valence-corrected chi connectivity index (χ2v) is 6.93. The summed E-state index contributed by atoms with van der Waals surface area (Å²) in [5, 5.41) is 2.36. The van der Waals surface area contributed by atoms with E-state index in [0.29, 0.717) is 0 Å². The fourth-order valence-electron chi connectivity index (χ4n) is 2.61. The maximum atomic E-state index is 14.2. The Kier molecular flexibility index (Phi) is 4.93. The molecule has 0 aromatic heterocycles. The Labute approximate surface area is 143 Å². The van der Waals surface area contributed by atoms with Gasteiger partial charge in [0, 0.05) is 5.56 Å². The maximum absolute atomic E-state index is 14.2. The van der Waals surface area contributed by atoms with Crippen molar-refractivity contribution in [2.75, 3.05) is 5.32 Å². The van der Waals surface area contributed by atoms with E-state index in [9.17, 15) is 22.4 Å². The lowest BCUT2D eigenvalue weighted by molar-refractivity contribution is -0.137. The van der Waals surface area contributed by atoms with Crippen molar-refractivity contribution in [2.24, 2.45) is 0 Å². The van der Waals surface area contributed by atoms with Gasteiger partial charge in [-0.15, -0.1) is 0 Å². The molecule has 0 unspecified atom stereocenters. The van der Waals surface area contributed by atoms with Gasteiger partial charge in [-0.25, -0.2) is 4.39 Å². The average molecular weight is 353 g/mol. The minimum atomic E-state index is -4.55. The zero-order valence-corrected chi connectivity index (χ0v) is 14.4. The third-order valence-electron chi connectivity index (χ3n) is 3.82. The molecule has 134 valence electrons. The first-order chi connectivity index (χ1) is 11.4. The molecule has 6 heteroatoms. The van der Waals surface area contributed by atoms with Crippen LogP contribution < -0.4 is 5.32 Å².